The Kier molecular flexibility index (Phi) is 3.99. The molecule has 17 heavy (non-hydrogen) atoms. The molecule has 1 aromatic carbocycles. The van der Waals surface area contributed by atoms with Crippen LogP contribution in [0.2, 0.25) is 0 Å². The highest BCUT2D eigenvalue weighted by Crippen LogP contribution is 2.22. The van der Waals surface area contributed by atoms with Crippen molar-refractivity contribution in [2.45, 2.75) is 26.3 Å². The lowest BCUT2D eigenvalue weighted by atomic mass is 10.1. The van der Waals surface area contributed by atoms with Crippen molar-refractivity contribution in [2.75, 3.05) is 14.2 Å². The van der Waals surface area contributed by atoms with Gasteiger partial charge in [0.05, 0.1) is 14.2 Å². The molecular formula is C13H19NO3. The van der Waals surface area contributed by atoms with Crippen molar-refractivity contribution >= 4 is 5.91 Å². The zero-order valence-electron chi connectivity index (χ0n) is 11.0. The molecule has 0 saturated carbocycles. The molecule has 0 spiro atoms. The lowest BCUT2D eigenvalue weighted by molar-refractivity contribution is 0.0919. The normalized spacial score (nSPS) is 10.9. The lowest BCUT2D eigenvalue weighted by Gasteiger charge is -2.20. The fourth-order valence-electron chi connectivity index (χ4n) is 1.35. The molecule has 0 fully saturated rings. The summed E-state index contributed by atoms with van der Waals surface area (Å²) in [5.74, 6) is 1.06. The molecule has 0 aliphatic carbocycles. The van der Waals surface area contributed by atoms with Crippen LogP contribution >= 0.6 is 0 Å². The summed E-state index contributed by atoms with van der Waals surface area (Å²) in [5, 5.41) is 2.89. The van der Waals surface area contributed by atoms with Crippen molar-refractivity contribution in [1.29, 1.82) is 0 Å². The molecule has 0 unspecified atom stereocenters. The van der Waals surface area contributed by atoms with Gasteiger partial charge < -0.3 is 14.8 Å². The molecule has 1 amide bonds. The van der Waals surface area contributed by atoms with Crippen LogP contribution in [0.1, 0.15) is 31.1 Å². The second-order valence-electron chi connectivity index (χ2n) is 4.81. The minimum atomic E-state index is -0.270. The van der Waals surface area contributed by atoms with Gasteiger partial charge in [0.25, 0.3) is 5.91 Å². The van der Waals surface area contributed by atoms with Gasteiger partial charge in [0.1, 0.15) is 11.5 Å². The molecule has 0 bridgehead atoms. The van der Waals surface area contributed by atoms with Crippen LogP contribution in [0.15, 0.2) is 18.2 Å². The lowest BCUT2D eigenvalue weighted by Crippen LogP contribution is -2.40. The molecular weight excluding hydrogens is 218 g/mol. The molecule has 0 aliphatic rings. The summed E-state index contributed by atoms with van der Waals surface area (Å²) < 4.78 is 10.2. The van der Waals surface area contributed by atoms with Crippen LogP contribution in [0, 0.1) is 0 Å². The van der Waals surface area contributed by atoms with Crippen LogP contribution in [-0.4, -0.2) is 25.7 Å². The van der Waals surface area contributed by atoms with E-state index in [9.17, 15) is 4.79 Å². The molecule has 4 heteroatoms. The van der Waals surface area contributed by atoms with Crippen molar-refractivity contribution in [3.63, 3.8) is 0 Å². The van der Waals surface area contributed by atoms with E-state index in [1.807, 2.05) is 20.8 Å². The quantitative estimate of drug-likeness (QED) is 0.877. The van der Waals surface area contributed by atoms with Gasteiger partial charge >= 0.3 is 0 Å². The molecule has 0 heterocycles. The molecule has 0 atom stereocenters. The maximum Gasteiger partial charge on any atom is 0.251 e. The summed E-state index contributed by atoms with van der Waals surface area (Å²) in [6.45, 7) is 5.80. The maximum absolute atomic E-state index is 12.0. The Balaban J connectivity index is 3.00. The highest BCUT2D eigenvalue weighted by molar-refractivity contribution is 5.95. The van der Waals surface area contributed by atoms with Crippen LogP contribution < -0.4 is 14.8 Å². The standard InChI is InChI=1S/C13H19NO3/c1-13(2,3)14-12(15)9-6-10(16-4)8-11(7-9)17-5/h6-8H,1-5H3,(H,14,15). The number of carbonyl (C=O) groups excluding carboxylic acids is 1. The molecule has 0 aromatic heterocycles. The fourth-order valence-corrected chi connectivity index (χ4v) is 1.35. The van der Waals surface area contributed by atoms with E-state index in [0.29, 0.717) is 17.1 Å². The zero-order chi connectivity index (χ0) is 13.1. The Hall–Kier alpha value is -1.71. The first-order chi connectivity index (χ1) is 7.85. The van der Waals surface area contributed by atoms with Crippen molar-refractivity contribution in [1.82, 2.24) is 5.32 Å². The van der Waals surface area contributed by atoms with Crippen LogP contribution in [0.5, 0.6) is 11.5 Å². The van der Waals surface area contributed by atoms with Crippen LogP contribution in [0.25, 0.3) is 0 Å². The first kappa shape index (κ1) is 13.4. The number of methoxy groups -OCH3 is 2. The molecule has 0 saturated heterocycles. The predicted molar refractivity (Wildman–Crippen MR) is 66.8 cm³/mol. The van der Waals surface area contributed by atoms with Crippen LogP contribution in [0.4, 0.5) is 0 Å². The monoisotopic (exact) mass is 237 g/mol. The number of rotatable bonds is 3. The summed E-state index contributed by atoms with van der Waals surface area (Å²) in [6, 6.07) is 5.10. The third-order valence-electron chi connectivity index (χ3n) is 2.10. The topological polar surface area (TPSA) is 47.6 Å². The average Bonchev–Trinajstić information content (AvgIpc) is 2.26. The van der Waals surface area contributed by atoms with E-state index in [-0.39, 0.29) is 11.4 Å². The molecule has 1 rings (SSSR count). The molecule has 0 aliphatic heterocycles. The molecule has 1 aromatic rings. The smallest absolute Gasteiger partial charge is 0.251 e. The highest BCUT2D eigenvalue weighted by Gasteiger charge is 2.16. The van der Waals surface area contributed by atoms with Gasteiger partial charge in [-0.15, -0.1) is 0 Å². The Morgan fingerprint density at radius 1 is 1.06 bits per heavy atom. The van der Waals surface area contributed by atoms with E-state index in [2.05, 4.69) is 5.32 Å². The first-order valence-corrected chi connectivity index (χ1v) is 5.41. The van der Waals surface area contributed by atoms with Crippen molar-refractivity contribution in [3.8, 4) is 11.5 Å². The van der Waals surface area contributed by atoms with Crippen molar-refractivity contribution in [3.05, 3.63) is 23.8 Å². The number of carbonyl (C=O) groups is 1. The van der Waals surface area contributed by atoms with Gasteiger partial charge in [0.2, 0.25) is 0 Å². The average molecular weight is 237 g/mol. The Morgan fingerprint density at radius 2 is 1.53 bits per heavy atom. The van der Waals surface area contributed by atoms with E-state index in [1.54, 1.807) is 32.4 Å². The summed E-state index contributed by atoms with van der Waals surface area (Å²) in [5.41, 5.74) is 0.254. The Morgan fingerprint density at radius 3 is 1.88 bits per heavy atom. The number of amides is 1. The van der Waals surface area contributed by atoms with Crippen molar-refractivity contribution in [2.24, 2.45) is 0 Å². The Labute approximate surface area is 102 Å². The van der Waals surface area contributed by atoms with Gasteiger partial charge in [-0.1, -0.05) is 0 Å². The summed E-state index contributed by atoms with van der Waals surface area (Å²) in [4.78, 5) is 12.0. The van der Waals surface area contributed by atoms with E-state index >= 15 is 0 Å². The summed E-state index contributed by atoms with van der Waals surface area (Å²) >= 11 is 0. The molecule has 4 nitrogen and oxygen atoms in total. The van der Waals surface area contributed by atoms with Gasteiger partial charge in [0.15, 0.2) is 0 Å². The number of ether oxygens (including phenoxy) is 2. The largest absolute Gasteiger partial charge is 0.497 e. The van der Waals surface area contributed by atoms with Crippen LogP contribution in [-0.2, 0) is 0 Å². The summed E-state index contributed by atoms with van der Waals surface area (Å²) in [7, 11) is 3.11. The zero-order valence-corrected chi connectivity index (χ0v) is 11.0. The second kappa shape index (κ2) is 5.08. The van der Waals surface area contributed by atoms with E-state index in [0.717, 1.165) is 0 Å². The number of hydrogen-bond donors (Lipinski definition) is 1. The van der Waals surface area contributed by atoms with E-state index < -0.39 is 0 Å². The summed E-state index contributed by atoms with van der Waals surface area (Å²) in [6.07, 6.45) is 0. The molecule has 1 N–H and O–H groups in total. The van der Waals surface area contributed by atoms with Crippen molar-refractivity contribution < 1.29 is 14.3 Å². The SMILES string of the molecule is COc1cc(OC)cc(C(=O)NC(C)(C)C)c1. The number of benzene rings is 1. The van der Waals surface area contributed by atoms with Gasteiger partial charge in [-0.05, 0) is 32.9 Å². The van der Waals surface area contributed by atoms with Gasteiger partial charge in [0, 0.05) is 17.2 Å². The third-order valence-corrected chi connectivity index (χ3v) is 2.10. The Bertz CT molecular complexity index is 385. The molecule has 94 valence electrons. The number of hydrogen-bond acceptors (Lipinski definition) is 3. The minimum absolute atomic E-state index is 0.144. The van der Waals surface area contributed by atoms with Gasteiger partial charge in [-0.2, -0.15) is 0 Å². The highest BCUT2D eigenvalue weighted by atomic mass is 16.5. The maximum atomic E-state index is 12.0. The third kappa shape index (κ3) is 3.98. The van der Waals surface area contributed by atoms with Gasteiger partial charge in [-0.3, -0.25) is 4.79 Å². The first-order valence-electron chi connectivity index (χ1n) is 5.41. The predicted octanol–water partition coefficient (Wildman–Crippen LogP) is 2.23. The van der Waals surface area contributed by atoms with E-state index in [4.69, 9.17) is 9.47 Å². The molecule has 0 radical (unpaired) electrons. The van der Waals surface area contributed by atoms with E-state index in [1.165, 1.54) is 0 Å². The number of nitrogens with one attached hydrogen (secondary N) is 1. The van der Waals surface area contributed by atoms with Crippen LogP contribution in [0.3, 0.4) is 0 Å². The fraction of sp³-hybridized carbons (Fsp3) is 0.462. The minimum Gasteiger partial charge on any atom is -0.497 e. The van der Waals surface area contributed by atoms with Gasteiger partial charge in [-0.25, -0.2) is 0 Å². The second-order valence-corrected chi connectivity index (χ2v) is 4.81.